The Labute approximate surface area is 153 Å². The SMILES string of the molecule is Cc1cccc(N(CCC(N)=O)C(=O)Cc2cccc3ccccc23)c1. The van der Waals surface area contributed by atoms with Crippen LogP contribution in [0.1, 0.15) is 17.5 Å². The van der Waals surface area contributed by atoms with Crippen LogP contribution in [-0.4, -0.2) is 18.4 Å². The monoisotopic (exact) mass is 346 g/mol. The Kier molecular flexibility index (Phi) is 5.32. The van der Waals surface area contributed by atoms with E-state index >= 15 is 0 Å². The van der Waals surface area contributed by atoms with E-state index in [1.165, 1.54) is 0 Å². The number of anilines is 1. The summed E-state index contributed by atoms with van der Waals surface area (Å²) in [7, 11) is 0. The van der Waals surface area contributed by atoms with Crippen molar-refractivity contribution in [2.24, 2.45) is 5.73 Å². The molecule has 3 aromatic rings. The number of fused-ring (bicyclic) bond motifs is 1. The van der Waals surface area contributed by atoms with Gasteiger partial charge in [-0.2, -0.15) is 0 Å². The Morgan fingerprint density at radius 1 is 0.962 bits per heavy atom. The third-order valence-corrected chi connectivity index (χ3v) is 4.42. The lowest BCUT2D eigenvalue weighted by atomic mass is 10.0. The zero-order valence-corrected chi connectivity index (χ0v) is 14.8. The van der Waals surface area contributed by atoms with Crippen LogP contribution in [-0.2, 0) is 16.0 Å². The molecule has 132 valence electrons. The van der Waals surface area contributed by atoms with Crippen LogP contribution in [0.2, 0.25) is 0 Å². The van der Waals surface area contributed by atoms with E-state index in [0.717, 1.165) is 27.6 Å². The molecule has 0 aliphatic rings. The first-order valence-corrected chi connectivity index (χ1v) is 8.66. The van der Waals surface area contributed by atoms with E-state index in [1.807, 2.05) is 73.7 Å². The van der Waals surface area contributed by atoms with E-state index in [4.69, 9.17) is 5.73 Å². The molecule has 4 nitrogen and oxygen atoms in total. The minimum Gasteiger partial charge on any atom is -0.370 e. The third kappa shape index (κ3) is 4.09. The highest BCUT2D eigenvalue weighted by Crippen LogP contribution is 2.22. The lowest BCUT2D eigenvalue weighted by Gasteiger charge is -2.23. The Morgan fingerprint density at radius 3 is 2.46 bits per heavy atom. The van der Waals surface area contributed by atoms with E-state index in [9.17, 15) is 9.59 Å². The standard InChI is InChI=1S/C22H22N2O2/c1-16-6-4-10-19(14-16)24(13-12-21(23)25)22(26)15-18-9-5-8-17-7-2-3-11-20(17)18/h2-11,14H,12-13,15H2,1H3,(H2,23,25). The van der Waals surface area contributed by atoms with Crippen molar-refractivity contribution < 1.29 is 9.59 Å². The number of hydrogen-bond donors (Lipinski definition) is 1. The number of benzene rings is 3. The largest absolute Gasteiger partial charge is 0.370 e. The maximum absolute atomic E-state index is 13.1. The maximum Gasteiger partial charge on any atom is 0.231 e. The van der Waals surface area contributed by atoms with Crippen LogP contribution < -0.4 is 10.6 Å². The van der Waals surface area contributed by atoms with Gasteiger partial charge in [-0.15, -0.1) is 0 Å². The highest BCUT2D eigenvalue weighted by molar-refractivity contribution is 5.98. The second-order valence-corrected chi connectivity index (χ2v) is 6.42. The molecule has 0 aliphatic carbocycles. The highest BCUT2D eigenvalue weighted by Gasteiger charge is 2.18. The molecule has 0 heterocycles. The average molecular weight is 346 g/mol. The van der Waals surface area contributed by atoms with Crippen molar-refractivity contribution in [1.29, 1.82) is 0 Å². The van der Waals surface area contributed by atoms with Crippen molar-refractivity contribution in [2.75, 3.05) is 11.4 Å². The summed E-state index contributed by atoms with van der Waals surface area (Å²) in [5, 5.41) is 2.18. The fourth-order valence-corrected chi connectivity index (χ4v) is 3.12. The van der Waals surface area contributed by atoms with E-state index in [0.29, 0.717) is 0 Å². The maximum atomic E-state index is 13.1. The molecular formula is C22H22N2O2. The molecule has 26 heavy (non-hydrogen) atoms. The number of carbonyl (C=O) groups excluding carboxylic acids is 2. The summed E-state index contributed by atoms with van der Waals surface area (Å²) in [6.45, 7) is 2.26. The van der Waals surface area contributed by atoms with Gasteiger partial charge >= 0.3 is 0 Å². The lowest BCUT2D eigenvalue weighted by molar-refractivity contribution is -0.118. The highest BCUT2D eigenvalue weighted by atomic mass is 16.2. The van der Waals surface area contributed by atoms with Crippen LogP contribution in [0, 0.1) is 6.92 Å². The number of nitrogens with zero attached hydrogens (tertiary/aromatic N) is 1. The van der Waals surface area contributed by atoms with Gasteiger partial charge in [0.1, 0.15) is 0 Å². The summed E-state index contributed by atoms with van der Waals surface area (Å²) in [6, 6.07) is 21.7. The molecule has 4 heteroatoms. The van der Waals surface area contributed by atoms with Crippen molar-refractivity contribution in [3.8, 4) is 0 Å². The number of aryl methyl sites for hydroxylation is 1. The summed E-state index contributed by atoms with van der Waals surface area (Å²) in [5.41, 5.74) is 8.12. The summed E-state index contributed by atoms with van der Waals surface area (Å²) >= 11 is 0. The topological polar surface area (TPSA) is 63.4 Å². The molecule has 3 aromatic carbocycles. The Morgan fingerprint density at radius 2 is 1.69 bits per heavy atom. The average Bonchev–Trinajstić information content (AvgIpc) is 2.62. The van der Waals surface area contributed by atoms with Crippen molar-refractivity contribution >= 4 is 28.3 Å². The van der Waals surface area contributed by atoms with E-state index in [1.54, 1.807) is 4.90 Å². The number of hydrogen-bond acceptors (Lipinski definition) is 2. The molecule has 0 spiro atoms. The lowest BCUT2D eigenvalue weighted by Crippen LogP contribution is -2.35. The first-order chi connectivity index (χ1) is 12.5. The fourth-order valence-electron chi connectivity index (χ4n) is 3.12. The zero-order chi connectivity index (χ0) is 18.5. The molecule has 2 amide bonds. The molecule has 0 aromatic heterocycles. The van der Waals surface area contributed by atoms with Crippen LogP contribution in [0.3, 0.4) is 0 Å². The van der Waals surface area contributed by atoms with Crippen LogP contribution in [0.25, 0.3) is 10.8 Å². The minimum absolute atomic E-state index is 0.0480. The number of primary amides is 1. The van der Waals surface area contributed by atoms with Crippen molar-refractivity contribution in [3.05, 3.63) is 77.9 Å². The molecular weight excluding hydrogens is 324 g/mol. The molecule has 0 atom stereocenters. The molecule has 0 aliphatic heterocycles. The van der Waals surface area contributed by atoms with E-state index in [-0.39, 0.29) is 25.3 Å². The van der Waals surface area contributed by atoms with Gasteiger partial charge in [0, 0.05) is 18.7 Å². The van der Waals surface area contributed by atoms with E-state index < -0.39 is 5.91 Å². The van der Waals surface area contributed by atoms with Gasteiger partial charge in [-0.05, 0) is 41.0 Å². The normalized spacial score (nSPS) is 10.7. The van der Waals surface area contributed by atoms with Gasteiger partial charge in [-0.1, -0.05) is 54.6 Å². The first-order valence-electron chi connectivity index (χ1n) is 8.66. The van der Waals surface area contributed by atoms with Gasteiger partial charge in [0.25, 0.3) is 0 Å². The molecule has 0 saturated carbocycles. The van der Waals surface area contributed by atoms with Gasteiger partial charge in [-0.25, -0.2) is 0 Å². The van der Waals surface area contributed by atoms with Gasteiger partial charge in [0.15, 0.2) is 0 Å². The van der Waals surface area contributed by atoms with Crippen LogP contribution >= 0.6 is 0 Å². The smallest absolute Gasteiger partial charge is 0.231 e. The summed E-state index contributed by atoms with van der Waals surface area (Å²) in [4.78, 5) is 25.9. The minimum atomic E-state index is -0.416. The number of carbonyl (C=O) groups is 2. The predicted molar refractivity (Wildman–Crippen MR) is 105 cm³/mol. The number of nitrogens with two attached hydrogens (primary N) is 1. The Hall–Kier alpha value is -3.14. The number of rotatable bonds is 6. The molecule has 3 rings (SSSR count). The summed E-state index contributed by atoms with van der Waals surface area (Å²) in [5.74, 6) is -0.464. The second kappa shape index (κ2) is 7.83. The molecule has 0 saturated heterocycles. The van der Waals surface area contributed by atoms with Crippen molar-refractivity contribution in [2.45, 2.75) is 19.8 Å². The molecule has 0 fully saturated rings. The van der Waals surface area contributed by atoms with Gasteiger partial charge in [0.05, 0.1) is 6.42 Å². The van der Waals surface area contributed by atoms with Crippen molar-refractivity contribution in [3.63, 3.8) is 0 Å². The van der Waals surface area contributed by atoms with Crippen molar-refractivity contribution in [1.82, 2.24) is 0 Å². The van der Waals surface area contributed by atoms with E-state index in [2.05, 4.69) is 0 Å². The number of amides is 2. The second-order valence-electron chi connectivity index (χ2n) is 6.42. The fraction of sp³-hybridized carbons (Fsp3) is 0.182. The van der Waals surface area contributed by atoms with Crippen LogP contribution in [0.15, 0.2) is 66.7 Å². The van der Waals surface area contributed by atoms with Gasteiger partial charge < -0.3 is 10.6 Å². The summed E-state index contributed by atoms with van der Waals surface area (Å²) in [6.07, 6.45) is 0.406. The van der Waals surface area contributed by atoms with Crippen LogP contribution in [0.4, 0.5) is 5.69 Å². The Balaban J connectivity index is 1.90. The molecule has 0 bridgehead atoms. The quantitative estimate of drug-likeness (QED) is 0.741. The van der Waals surface area contributed by atoms with Crippen LogP contribution in [0.5, 0.6) is 0 Å². The first kappa shape index (κ1) is 17.7. The molecule has 0 unspecified atom stereocenters. The molecule has 0 radical (unpaired) electrons. The summed E-state index contributed by atoms with van der Waals surface area (Å²) < 4.78 is 0. The molecule has 2 N–H and O–H groups in total. The van der Waals surface area contributed by atoms with Gasteiger partial charge in [0.2, 0.25) is 11.8 Å². The predicted octanol–water partition coefficient (Wildman–Crippen LogP) is 3.60. The Bertz CT molecular complexity index is 944. The third-order valence-electron chi connectivity index (χ3n) is 4.42. The van der Waals surface area contributed by atoms with Gasteiger partial charge in [-0.3, -0.25) is 9.59 Å². The zero-order valence-electron chi connectivity index (χ0n) is 14.8.